The Kier molecular flexibility index (Phi) is 5.56. The van der Waals surface area contributed by atoms with E-state index in [1.807, 2.05) is 13.8 Å². The van der Waals surface area contributed by atoms with Crippen LogP contribution in [0.4, 0.5) is 0 Å². The fourth-order valence-corrected chi connectivity index (χ4v) is 2.35. The number of esters is 1. The first kappa shape index (κ1) is 19.3. The maximum absolute atomic E-state index is 12.3. The third kappa shape index (κ3) is 3.80. The van der Waals surface area contributed by atoms with E-state index in [0.717, 1.165) is 5.39 Å². The van der Waals surface area contributed by atoms with E-state index < -0.39 is 24.0 Å². The summed E-state index contributed by atoms with van der Waals surface area (Å²) >= 11 is 0. The fourth-order valence-electron chi connectivity index (χ4n) is 2.35. The summed E-state index contributed by atoms with van der Waals surface area (Å²) < 4.78 is 15.7. The van der Waals surface area contributed by atoms with Gasteiger partial charge in [-0.15, -0.1) is 0 Å². The molecule has 1 aromatic heterocycles. The van der Waals surface area contributed by atoms with Crippen molar-refractivity contribution in [2.45, 2.75) is 33.2 Å². The van der Waals surface area contributed by atoms with E-state index in [9.17, 15) is 14.9 Å². The SMILES string of the molecule is COc1ccc2oc(C(=O)OCC(=O)N[C@](C)(C#N)C(C)C)c(C)c2c1. The van der Waals surface area contributed by atoms with Gasteiger partial charge in [-0.2, -0.15) is 5.26 Å². The van der Waals surface area contributed by atoms with Crippen LogP contribution in [0.2, 0.25) is 0 Å². The minimum absolute atomic E-state index is 0.0351. The number of fused-ring (bicyclic) bond motifs is 1. The molecule has 26 heavy (non-hydrogen) atoms. The van der Waals surface area contributed by atoms with Gasteiger partial charge in [-0.3, -0.25) is 4.79 Å². The van der Waals surface area contributed by atoms with Crippen LogP contribution in [-0.2, 0) is 9.53 Å². The molecule has 1 atom stereocenters. The van der Waals surface area contributed by atoms with Crippen LogP contribution in [0.15, 0.2) is 22.6 Å². The molecule has 0 saturated carbocycles. The Morgan fingerprint density at radius 1 is 1.38 bits per heavy atom. The van der Waals surface area contributed by atoms with Gasteiger partial charge in [0.1, 0.15) is 16.9 Å². The number of methoxy groups -OCH3 is 1. The number of furan rings is 1. The predicted molar refractivity (Wildman–Crippen MR) is 94.8 cm³/mol. The number of nitriles is 1. The van der Waals surface area contributed by atoms with E-state index >= 15 is 0 Å². The number of carbonyl (C=O) groups excluding carboxylic acids is 2. The maximum Gasteiger partial charge on any atom is 0.375 e. The van der Waals surface area contributed by atoms with Crippen LogP contribution in [-0.4, -0.2) is 31.1 Å². The van der Waals surface area contributed by atoms with Crippen molar-refractivity contribution < 1.29 is 23.5 Å². The van der Waals surface area contributed by atoms with Crippen molar-refractivity contribution >= 4 is 22.8 Å². The molecule has 1 aromatic carbocycles. The van der Waals surface area contributed by atoms with E-state index in [0.29, 0.717) is 16.9 Å². The largest absolute Gasteiger partial charge is 0.497 e. The van der Waals surface area contributed by atoms with Crippen LogP contribution in [0.1, 0.15) is 36.9 Å². The summed E-state index contributed by atoms with van der Waals surface area (Å²) in [4.78, 5) is 24.3. The first-order valence-corrected chi connectivity index (χ1v) is 8.18. The predicted octanol–water partition coefficient (Wildman–Crippen LogP) is 2.96. The van der Waals surface area contributed by atoms with Gasteiger partial charge in [0, 0.05) is 10.9 Å². The van der Waals surface area contributed by atoms with Crippen LogP contribution < -0.4 is 10.1 Å². The van der Waals surface area contributed by atoms with Crippen LogP contribution in [0.3, 0.4) is 0 Å². The molecule has 1 amide bonds. The van der Waals surface area contributed by atoms with Gasteiger partial charge in [0.05, 0.1) is 13.2 Å². The summed E-state index contributed by atoms with van der Waals surface area (Å²) in [6.45, 7) is 6.49. The molecule has 0 radical (unpaired) electrons. The second-order valence-corrected chi connectivity index (χ2v) is 6.51. The Morgan fingerprint density at radius 2 is 2.08 bits per heavy atom. The monoisotopic (exact) mass is 358 g/mol. The van der Waals surface area contributed by atoms with Crippen molar-refractivity contribution in [3.63, 3.8) is 0 Å². The average Bonchev–Trinajstić information content (AvgIpc) is 2.95. The molecule has 0 aliphatic carbocycles. The molecule has 2 rings (SSSR count). The fraction of sp³-hybridized carbons (Fsp3) is 0.421. The summed E-state index contributed by atoms with van der Waals surface area (Å²) in [5.74, 6) is -0.708. The van der Waals surface area contributed by atoms with E-state index in [-0.39, 0.29) is 11.7 Å². The number of benzene rings is 1. The Labute approximate surface area is 151 Å². The van der Waals surface area contributed by atoms with E-state index in [1.165, 1.54) is 0 Å². The standard InChI is InChI=1S/C19H22N2O5/c1-11(2)19(4,10-20)21-16(22)9-25-18(23)17-12(3)14-8-13(24-5)6-7-15(14)26-17/h6-8,11H,9H2,1-5H3,(H,21,22)/t19-/m1/s1. The Balaban J connectivity index is 2.09. The minimum Gasteiger partial charge on any atom is -0.497 e. The topological polar surface area (TPSA) is 102 Å². The summed E-state index contributed by atoms with van der Waals surface area (Å²) in [7, 11) is 1.55. The average molecular weight is 358 g/mol. The number of aryl methyl sites for hydroxylation is 1. The molecule has 0 fully saturated rings. The molecule has 7 nitrogen and oxygen atoms in total. The Morgan fingerprint density at radius 3 is 2.65 bits per heavy atom. The highest BCUT2D eigenvalue weighted by Gasteiger charge is 2.30. The third-order valence-electron chi connectivity index (χ3n) is 4.45. The van der Waals surface area contributed by atoms with Crippen molar-refractivity contribution in [2.75, 3.05) is 13.7 Å². The molecule has 0 spiro atoms. The second kappa shape index (κ2) is 7.48. The molecule has 0 saturated heterocycles. The number of hydrogen-bond acceptors (Lipinski definition) is 6. The van der Waals surface area contributed by atoms with Gasteiger partial charge in [0.2, 0.25) is 5.76 Å². The van der Waals surface area contributed by atoms with Crippen LogP contribution in [0.5, 0.6) is 5.75 Å². The molecule has 7 heteroatoms. The summed E-state index contributed by atoms with van der Waals surface area (Å²) in [6.07, 6.45) is 0. The van der Waals surface area contributed by atoms with Crippen LogP contribution in [0.25, 0.3) is 11.0 Å². The van der Waals surface area contributed by atoms with Gasteiger partial charge in [-0.1, -0.05) is 13.8 Å². The van der Waals surface area contributed by atoms with Crippen molar-refractivity contribution in [1.82, 2.24) is 5.32 Å². The molecule has 1 N–H and O–H groups in total. The van der Waals surface area contributed by atoms with Gasteiger partial charge in [-0.05, 0) is 38.0 Å². The van der Waals surface area contributed by atoms with Crippen LogP contribution in [0, 0.1) is 24.2 Å². The van der Waals surface area contributed by atoms with Crippen molar-refractivity contribution in [2.24, 2.45) is 5.92 Å². The zero-order chi connectivity index (χ0) is 19.5. The molecule has 0 aliphatic heterocycles. The number of nitrogens with one attached hydrogen (secondary N) is 1. The zero-order valence-corrected chi connectivity index (χ0v) is 15.5. The second-order valence-electron chi connectivity index (χ2n) is 6.51. The highest BCUT2D eigenvalue weighted by Crippen LogP contribution is 2.29. The third-order valence-corrected chi connectivity index (χ3v) is 4.45. The maximum atomic E-state index is 12.3. The zero-order valence-electron chi connectivity index (χ0n) is 15.5. The van der Waals surface area contributed by atoms with Gasteiger partial charge >= 0.3 is 5.97 Å². The van der Waals surface area contributed by atoms with Crippen molar-refractivity contribution in [3.05, 3.63) is 29.5 Å². The number of nitrogens with zero attached hydrogens (tertiary/aromatic N) is 1. The first-order chi connectivity index (χ1) is 12.2. The van der Waals surface area contributed by atoms with Crippen molar-refractivity contribution in [3.8, 4) is 11.8 Å². The number of hydrogen-bond donors (Lipinski definition) is 1. The molecule has 138 valence electrons. The molecule has 2 aromatic rings. The molecule has 1 heterocycles. The number of rotatable bonds is 6. The first-order valence-electron chi connectivity index (χ1n) is 8.18. The van der Waals surface area contributed by atoms with E-state index in [4.69, 9.17) is 13.9 Å². The highest BCUT2D eigenvalue weighted by molar-refractivity contribution is 5.97. The highest BCUT2D eigenvalue weighted by atomic mass is 16.5. The van der Waals surface area contributed by atoms with E-state index in [1.54, 1.807) is 39.2 Å². The summed E-state index contributed by atoms with van der Waals surface area (Å²) in [5, 5.41) is 12.5. The quantitative estimate of drug-likeness (QED) is 0.797. The Hall–Kier alpha value is -3.01. The molecular weight excluding hydrogens is 336 g/mol. The van der Waals surface area contributed by atoms with Crippen molar-refractivity contribution in [1.29, 1.82) is 5.26 Å². The molecule has 0 bridgehead atoms. The normalized spacial score (nSPS) is 13.1. The number of ether oxygens (including phenoxy) is 2. The summed E-state index contributed by atoms with van der Waals surface area (Å²) in [6, 6.07) is 7.25. The smallest absolute Gasteiger partial charge is 0.375 e. The lowest BCUT2D eigenvalue weighted by molar-refractivity contribution is -0.125. The van der Waals surface area contributed by atoms with Crippen LogP contribution >= 0.6 is 0 Å². The van der Waals surface area contributed by atoms with Gasteiger partial charge in [0.25, 0.3) is 5.91 Å². The number of amides is 1. The molecule has 0 aliphatic rings. The molecule has 0 unspecified atom stereocenters. The minimum atomic E-state index is -1.03. The van der Waals surface area contributed by atoms with Gasteiger partial charge < -0.3 is 19.2 Å². The van der Waals surface area contributed by atoms with Gasteiger partial charge in [0.15, 0.2) is 6.61 Å². The molecular formula is C19H22N2O5. The van der Waals surface area contributed by atoms with Gasteiger partial charge in [-0.25, -0.2) is 4.79 Å². The Bertz CT molecular complexity index is 878. The lowest BCUT2D eigenvalue weighted by Gasteiger charge is -2.27. The number of carbonyl (C=O) groups is 2. The lowest BCUT2D eigenvalue weighted by atomic mass is 9.90. The van der Waals surface area contributed by atoms with E-state index in [2.05, 4.69) is 11.4 Å². The lowest BCUT2D eigenvalue weighted by Crippen LogP contribution is -2.50. The summed E-state index contributed by atoms with van der Waals surface area (Å²) in [5.41, 5.74) is 0.0971.